The van der Waals surface area contributed by atoms with Gasteiger partial charge in [0.15, 0.2) is 0 Å². The van der Waals surface area contributed by atoms with E-state index in [9.17, 15) is 9.59 Å². The van der Waals surface area contributed by atoms with Crippen LogP contribution in [0.1, 0.15) is 40.0 Å². The summed E-state index contributed by atoms with van der Waals surface area (Å²) in [5.41, 5.74) is 0. The molecule has 0 aromatic carbocycles. The highest BCUT2D eigenvalue weighted by Gasteiger charge is 2.24. The molecule has 0 spiro atoms. The first-order valence-corrected chi connectivity index (χ1v) is 6.12. The van der Waals surface area contributed by atoms with Crippen molar-refractivity contribution in [1.29, 1.82) is 0 Å². The van der Waals surface area contributed by atoms with Crippen LogP contribution in [0.25, 0.3) is 0 Å². The fraction of sp³-hybridized carbons (Fsp3) is 0.833. The maximum atomic E-state index is 11.5. The van der Waals surface area contributed by atoms with Crippen LogP contribution in [0.15, 0.2) is 0 Å². The normalized spacial score (nSPS) is 14.1. The smallest absolute Gasteiger partial charge is 0.326 e. The maximum Gasteiger partial charge on any atom is 0.326 e. The van der Waals surface area contributed by atoms with E-state index < -0.39 is 12.0 Å². The van der Waals surface area contributed by atoms with Gasteiger partial charge in [0.05, 0.1) is 6.61 Å². The second-order valence-corrected chi connectivity index (χ2v) is 4.13. The number of nitrogens with one attached hydrogen (secondary N) is 1. The second-order valence-electron chi connectivity index (χ2n) is 4.13. The molecule has 0 aromatic rings. The number of hydrogen-bond donors (Lipinski definition) is 2. The number of carbonyl (C=O) groups is 2. The molecule has 17 heavy (non-hydrogen) atoms. The van der Waals surface area contributed by atoms with Crippen LogP contribution in [0.2, 0.25) is 0 Å². The molecule has 0 rings (SSSR count). The lowest BCUT2D eigenvalue weighted by atomic mass is 9.99. The highest BCUT2D eigenvalue weighted by molar-refractivity contribution is 5.83. The van der Waals surface area contributed by atoms with E-state index in [0.717, 1.165) is 6.42 Å². The SMILES string of the molecule is CCCOCCC(=O)N[C@H](C(=O)O)C(C)CC. The van der Waals surface area contributed by atoms with Gasteiger partial charge < -0.3 is 15.2 Å². The molecule has 0 aromatic heterocycles. The lowest BCUT2D eigenvalue weighted by molar-refractivity contribution is -0.143. The highest BCUT2D eigenvalue weighted by Crippen LogP contribution is 2.08. The summed E-state index contributed by atoms with van der Waals surface area (Å²) in [7, 11) is 0. The van der Waals surface area contributed by atoms with Crippen LogP contribution in [0, 0.1) is 5.92 Å². The highest BCUT2D eigenvalue weighted by atomic mass is 16.5. The summed E-state index contributed by atoms with van der Waals surface area (Å²) in [4.78, 5) is 22.5. The van der Waals surface area contributed by atoms with Crippen molar-refractivity contribution in [2.45, 2.75) is 46.1 Å². The molecule has 0 aliphatic rings. The van der Waals surface area contributed by atoms with Crippen molar-refractivity contribution in [3.05, 3.63) is 0 Å². The van der Waals surface area contributed by atoms with Crippen LogP contribution in [-0.4, -0.2) is 36.2 Å². The van der Waals surface area contributed by atoms with E-state index in [-0.39, 0.29) is 18.2 Å². The minimum Gasteiger partial charge on any atom is -0.480 e. The van der Waals surface area contributed by atoms with Gasteiger partial charge in [0, 0.05) is 13.0 Å². The number of aliphatic carboxylic acids is 1. The van der Waals surface area contributed by atoms with Gasteiger partial charge in [-0.2, -0.15) is 0 Å². The van der Waals surface area contributed by atoms with Crippen molar-refractivity contribution in [1.82, 2.24) is 5.32 Å². The van der Waals surface area contributed by atoms with Crippen molar-refractivity contribution in [3.8, 4) is 0 Å². The molecule has 2 atom stereocenters. The molecule has 1 amide bonds. The fourth-order valence-corrected chi connectivity index (χ4v) is 1.34. The molecule has 0 aliphatic carbocycles. The third-order valence-electron chi connectivity index (χ3n) is 2.62. The molecule has 100 valence electrons. The lowest BCUT2D eigenvalue weighted by Crippen LogP contribution is -2.45. The summed E-state index contributed by atoms with van der Waals surface area (Å²) in [6.45, 7) is 6.67. The molecule has 0 fully saturated rings. The van der Waals surface area contributed by atoms with Crippen LogP contribution in [0.3, 0.4) is 0 Å². The quantitative estimate of drug-likeness (QED) is 0.602. The average Bonchev–Trinajstić information content (AvgIpc) is 2.30. The van der Waals surface area contributed by atoms with Crippen LogP contribution in [-0.2, 0) is 14.3 Å². The summed E-state index contributed by atoms with van der Waals surface area (Å²) < 4.78 is 5.17. The lowest BCUT2D eigenvalue weighted by Gasteiger charge is -2.20. The minimum atomic E-state index is -0.984. The number of carboxylic acid groups (broad SMARTS) is 1. The number of rotatable bonds is 9. The molecular formula is C12H23NO4. The summed E-state index contributed by atoms with van der Waals surface area (Å²) in [6, 6.07) is -0.807. The molecule has 0 radical (unpaired) electrons. The van der Waals surface area contributed by atoms with Gasteiger partial charge >= 0.3 is 5.97 Å². The zero-order valence-corrected chi connectivity index (χ0v) is 10.9. The largest absolute Gasteiger partial charge is 0.480 e. The van der Waals surface area contributed by atoms with Crippen molar-refractivity contribution < 1.29 is 19.4 Å². The van der Waals surface area contributed by atoms with Gasteiger partial charge in [0.2, 0.25) is 5.91 Å². The first kappa shape index (κ1) is 15.9. The zero-order chi connectivity index (χ0) is 13.3. The summed E-state index contributed by atoms with van der Waals surface area (Å²) in [5.74, 6) is -1.33. The Labute approximate surface area is 103 Å². The standard InChI is InChI=1S/C12H23NO4/c1-4-7-17-8-6-10(14)13-11(12(15)16)9(3)5-2/h9,11H,4-8H2,1-3H3,(H,13,14)(H,15,16)/t9?,11-/m0/s1. The molecule has 1 unspecified atom stereocenters. The molecule has 5 heteroatoms. The van der Waals surface area contributed by atoms with Gasteiger partial charge in [-0.25, -0.2) is 4.79 Å². The van der Waals surface area contributed by atoms with Crippen LogP contribution in [0.5, 0.6) is 0 Å². The fourth-order valence-electron chi connectivity index (χ4n) is 1.34. The topological polar surface area (TPSA) is 75.6 Å². The van der Waals surface area contributed by atoms with E-state index >= 15 is 0 Å². The Morgan fingerprint density at radius 2 is 1.94 bits per heavy atom. The molecule has 0 bridgehead atoms. The number of ether oxygens (including phenoxy) is 1. The average molecular weight is 245 g/mol. The van der Waals surface area contributed by atoms with E-state index in [1.165, 1.54) is 0 Å². The van der Waals surface area contributed by atoms with Gasteiger partial charge in [0.25, 0.3) is 0 Å². The van der Waals surface area contributed by atoms with E-state index in [2.05, 4.69) is 5.32 Å². The monoisotopic (exact) mass is 245 g/mol. The number of amides is 1. The Bertz CT molecular complexity index is 243. The molecule has 0 aliphatic heterocycles. The second kappa shape index (κ2) is 8.98. The van der Waals surface area contributed by atoms with Gasteiger partial charge in [0.1, 0.15) is 6.04 Å². The molecule has 5 nitrogen and oxygen atoms in total. The number of carboxylic acids is 1. The summed E-state index contributed by atoms with van der Waals surface area (Å²) in [5, 5.41) is 11.5. The zero-order valence-electron chi connectivity index (χ0n) is 10.9. The molecular weight excluding hydrogens is 222 g/mol. The van der Waals surface area contributed by atoms with E-state index in [1.807, 2.05) is 20.8 Å². The van der Waals surface area contributed by atoms with E-state index in [0.29, 0.717) is 19.6 Å². The Morgan fingerprint density at radius 1 is 1.29 bits per heavy atom. The third kappa shape index (κ3) is 6.94. The first-order chi connectivity index (χ1) is 8.02. The molecule has 2 N–H and O–H groups in total. The van der Waals surface area contributed by atoms with Gasteiger partial charge in [-0.3, -0.25) is 4.79 Å². The third-order valence-corrected chi connectivity index (χ3v) is 2.62. The Balaban J connectivity index is 4.00. The van der Waals surface area contributed by atoms with E-state index in [4.69, 9.17) is 9.84 Å². The summed E-state index contributed by atoms with van der Waals surface area (Å²) in [6.07, 6.45) is 1.83. The first-order valence-electron chi connectivity index (χ1n) is 6.12. The van der Waals surface area contributed by atoms with Crippen molar-refractivity contribution in [2.75, 3.05) is 13.2 Å². The predicted octanol–water partition coefficient (Wildman–Crippen LogP) is 1.42. The van der Waals surface area contributed by atoms with Crippen molar-refractivity contribution in [3.63, 3.8) is 0 Å². The van der Waals surface area contributed by atoms with Crippen LogP contribution < -0.4 is 5.32 Å². The molecule has 0 saturated carbocycles. The van der Waals surface area contributed by atoms with Crippen LogP contribution >= 0.6 is 0 Å². The predicted molar refractivity (Wildman–Crippen MR) is 64.7 cm³/mol. The van der Waals surface area contributed by atoms with Crippen molar-refractivity contribution in [2.24, 2.45) is 5.92 Å². The van der Waals surface area contributed by atoms with Crippen molar-refractivity contribution >= 4 is 11.9 Å². The van der Waals surface area contributed by atoms with Crippen LogP contribution in [0.4, 0.5) is 0 Å². The van der Waals surface area contributed by atoms with E-state index in [1.54, 1.807) is 0 Å². The van der Waals surface area contributed by atoms with Gasteiger partial charge in [-0.1, -0.05) is 27.2 Å². The number of hydrogen-bond acceptors (Lipinski definition) is 3. The Hall–Kier alpha value is -1.10. The Morgan fingerprint density at radius 3 is 2.41 bits per heavy atom. The molecule has 0 heterocycles. The van der Waals surface area contributed by atoms with Gasteiger partial charge in [-0.15, -0.1) is 0 Å². The molecule has 0 saturated heterocycles. The van der Waals surface area contributed by atoms with Gasteiger partial charge in [-0.05, 0) is 12.3 Å². The number of carbonyl (C=O) groups excluding carboxylic acids is 1. The summed E-state index contributed by atoms with van der Waals surface area (Å²) >= 11 is 0. The maximum absolute atomic E-state index is 11.5. The minimum absolute atomic E-state index is 0.0759. The Kier molecular flexibility index (Phi) is 8.40.